The van der Waals surface area contributed by atoms with Gasteiger partial charge in [-0.1, -0.05) is 18.8 Å². The van der Waals surface area contributed by atoms with Gasteiger partial charge in [0.2, 0.25) is 0 Å². The third-order valence-corrected chi connectivity index (χ3v) is 2.41. The fraction of sp³-hybridized carbons (Fsp3) is 0.818. The van der Waals surface area contributed by atoms with Crippen LogP contribution >= 0.6 is 0 Å². The van der Waals surface area contributed by atoms with E-state index in [0.717, 1.165) is 6.61 Å². The molecule has 0 bridgehead atoms. The Morgan fingerprint density at radius 1 is 1.33 bits per heavy atom. The molecule has 0 unspecified atom stereocenters. The topological polar surface area (TPSA) is 9.23 Å². The lowest BCUT2D eigenvalue weighted by Crippen LogP contribution is -2.26. The molecule has 0 N–H and O–H groups in total. The maximum atomic E-state index is 5.65. The summed E-state index contributed by atoms with van der Waals surface area (Å²) < 4.78 is 5.65. The van der Waals surface area contributed by atoms with E-state index < -0.39 is 0 Å². The lowest BCUT2D eigenvalue weighted by atomic mass is 9.87. The van der Waals surface area contributed by atoms with Gasteiger partial charge in [0.05, 0.1) is 6.10 Å². The Labute approximate surface area is 75.5 Å². The minimum atomic E-state index is 0.413. The summed E-state index contributed by atoms with van der Waals surface area (Å²) in [5.74, 6) is 6.74. The van der Waals surface area contributed by atoms with Crippen molar-refractivity contribution >= 4 is 0 Å². The highest BCUT2D eigenvalue weighted by Crippen LogP contribution is 2.26. The normalized spacial score (nSPS) is 29.2. The van der Waals surface area contributed by atoms with Gasteiger partial charge < -0.3 is 4.74 Å². The lowest BCUT2D eigenvalue weighted by Gasteiger charge is -2.27. The van der Waals surface area contributed by atoms with E-state index in [1.54, 1.807) is 0 Å². The van der Waals surface area contributed by atoms with Crippen molar-refractivity contribution in [3.05, 3.63) is 0 Å². The van der Waals surface area contributed by atoms with E-state index in [1.165, 1.54) is 25.7 Å². The summed E-state index contributed by atoms with van der Waals surface area (Å²) in [6.45, 7) is 4.80. The first-order valence-corrected chi connectivity index (χ1v) is 4.92. The zero-order chi connectivity index (χ0) is 8.81. The number of hydrogen-bond acceptors (Lipinski definition) is 1. The van der Waals surface area contributed by atoms with Crippen LogP contribution in [-0.2, 0) is 4.74 Å². The molecule has 68 valence electrons. The van der Waals surface area contributed by atoms with Crippen molar-refractivity contribution in [3.63, 3.8) is 0 Å². The number of hydrogen-bond donors (Lipinski definition) is 0. The smallest absolute Gasteiger partial charge is 0.0712 e. The summed E-state index contributed by atoms with van der Waals surface area (Å²) in [5.41, 5.74) is 0. The maximum Gasteiger partial charge on any atom is 0.0712 e. The lowest BCUT2D eigenvalue weighted by molar-refractivity contribution is 0.0140. The van der Waals surface area contributed by atoms with Gasteiger partial charge in [0, 0.05) is 12.5 Å². The Hall–Kier alpha value is -0.480. The van der Waals surface area contributed by atoms with Gasteiger partial charge >= 0.3 is 0 Å². The molecule has 2 atom stereocenters. The summed E-state index contributed by atoms with van der Waals surface area (Å²) >= 11 is 0. The summed E-state index contributed by atoms with van der Waals surface area (Å²) in [5, 5.41) is 0. The Morgan fingerprint density at radius 3 is 2.75 bits per heavy atom. The van der Waals surface area contributed by atoms with Gasteiger partial charge in [0.15, 0.2) is 0 Å². The third kappa shape index (κ3) is 2.53. The van der Waals surface area contributed by atoms with Gasteiger partial charge in [-0.2, -0.15) is 0 Å². The monoisotopic (exact) mass is 166 g/mol. The highest BCUT2D eigenvalue weighted by atomic mass is 16.5. The second kappa shape index (κ2) is 5.22. The van der Waals surface area contributed by atoms with Crippen LogP contribution in [0, 0.1) is 17.8 Å². The highest BCUT2D eigenvalue weighted by molar-refractivity contribution is 5.04. The van der Waals surface area contributed by atoms with Crippen LogP contribution < -0.4 is 0 Å². The van der Waals surface area contributed by atoms with Gasteiger partial charge in [0.25, 0.3) is 0 Å². The molecular formula is C11H18O. The van der Waals surface area contributed by atoms with Crippen molar-refractivity contribution in [2.45, 2.75) is 45.6 Å². The van der Waals surface area contributed by atoms with Crippen LogP contribution in [0.15, 0.2) is 0 Å². The van der Waals surface area contributed by atoms with Crippen LogP contribution in [0.5, 0.6) is 0 Å². The van der Waals surface area contributed by atoms with Crippen LogP contribution in [0.3, 0.4) is 0 Å². The van der Waals surface area contributed by atoms with E-state index in [0.29, 0.717) is 12.0 Å². The predicted molar refractivity (Wildman–Crippen MR) is 50.8 cm³/mol. The molecule has 1 heteroatoms. The van der Waals surface area contributed by atoms with Crippen molar-refractivity contribution in [2.24, 2.45) is 5.92 Å². The Kier molecular flexibility index (Phi) is 4.18. The Morgan fingerprint density at radius 2 is 2.08 bits per heavy atom. The van der Waals surface area contributed by atoms with E-state index >= 15 is 0 Å². The fourth-order valence-electron chi connectivity index (χ4n) is 1.86. The third-order valence-electron chi connectivity index (χ3n) is 2.41. The first-order chi connectivity index (χ1) is 5.88. The molecule has 0 aliphatic heterocycles. The van der Waals surface area contributed by atoms with Crippen LogP contribution in [0.2, 0.25) is 0 Å². The summed E-state index contributed by atoms with van der Waals surface area (Å²) in [7, 11) is 0. The average molecular weight is 166 g/mol. The van der Waals surface area contributed by atoms with Crippen molar-refractivity contribution < 1.29 is 4.74 Å². The van der Waals surface area contributed by atoms with E-state index in [-0.39, 0.29) is 0 Å². The van der Waals surface area contributed by atoms with Crippen molar-refractivity contribution in [1.82, 2.24) is 0 Å². The molecule has 1 rings (SSSR count). The van der Waals surface area contributed by atoms with Gasteiger partial charge in [-0.3, -0.25) is 0 Å². The van der Waals surface area contributed by atoms with E-state index in [9.17, 15) is 0 Å². The van der Waals surface area contributed by atoms with Gasteiger partial charge in [-0.15, -0.1) is 5.92 Å². The molecule has 0 aromatic rings. The minimum Gasteiger partial charge on any atom is -0.377 e. The molecule has 0 saturated heterocycles. The van der Waals surface area contributed by atoms with E-state index in [2.05, 4.69) is 18.8 Å². The minimum absolute atomic E-state index is 0.413. The molecule has 0 spiro atoms. The Bertz CT molecular complexity index is 173. The zero-order valence-electron chi connectivity index (χ0n) is 8.10. The molecule has 1 nitrogen and oxygen atoms in total. The maximum absolute atomic E-state index is 5.65. The van der Waals surface area contributed by atoms with Crippen molar-refractivity contribution in [2.75, 3.05) is 6.61 Å². The average Bonchev–Trinajstić information content (AvgIpc) is 2.09. The Balaban J connectivity index is 2.46. The summed E-state index contributed by atoms with van der Waals surface area (Å²) in [4.78, 5) is 0. The first kappa shape index (κ1) is 9.61. The molecule has 1 saturated carbocycles. The summed E-state index contributed by atoms with van der Waals surface area (Å²) in [6.07, 6.45) is 5.48. The zero-order valence-corrected chi connectivity index (χ0v) is 8.10. The first-order valence-electron chi connectivity index (χ1n) is 4.92. The molecule has 1 aliphatic rings. The van der Waals surface area contributed by atoms with Crippen LogP contribution in [0.25, 0.3) is 0 Å². The number of ether oxygens (including phenoxy) is 1. The molecule has 1 fully saturated rings. The fourth-order valence-corrected chi connectivity index (χ4v) is 1.86. The van der Waals surface area contributed by atoms with Gasteiger partial charge in [-0.25, -0.2) is 0 Å². The van der Waals surface area contributed by atoms with Crippen LogP contribution in [0.1, 0.15) is 39.5 Å². The molecule has 0 heterocycles. The second-order valence-electron chi connectivity index (χ2n) is 3.28. The van der Waals surface area contributed by atoms with Crippen molar-refractivity contribution in [1.29, 1.82) is 0 Å². The van der Waals surface area contributed by atoms with Crippen LogP contribution in [0.4, 0.5) is 0 Å². The molecule has 12 heavy (non-hydrogen) atoms. The molecular weight excluding hydrogens is 148 g/mol. The van der Waals surface area contributed by atoms with Crippen LogP contribution in [-0.4, -0.2) is 12.7 Å². The predicted octanol–water partition coefficient (Wildman–Crippen LogP) is 2.61. The number of rotatable bonds is 2. The largest absolute Gasteiger partial charge is 0.377 e. The van der Waals surface area contributed by atoms with Crippen molar-refractivity contribution in [3.8, 4) is 11.8 Å². The molecule has 0 aromatic carbocycles. The molecule has 1 aliphatic carbocycles. The SMILES string of the molecule is CC#C[C@@H]1CCCC[C@@H]1OCC. The van der Waals surface area contributed by atoms with Gasteiger partial charge in [0.1, 0.15) is 0 Å². The second-order valence-corrected chi connectivity index (χ2v) is 3.28. The quantitative estimate of drug-likeness (QED) is 0.573. The van der Waals surface area contributed by atoms with E-state index in [4.69, 9.17) is 4.74 Å². The standard InChI is InChI=1S/C11H18O/c1-3-7-10-8-5-6-9-11(10)12-4-2/h10-11H,4-6,8-9H2,1-2H3/t10-,11+/m1/s1. The van der Waals surface area contributed by atoms with Gasteiger partial charge in [-0.05, 0) is 26.7 Å². The van der Waals surface area contributed by atoms with E-state index in [1.807, 2.05) is 6.92 Å². The molecule has 0 aromatic heterocycles. The highest BCUT2D eigenvalue weighted by Gasteiger charge is 2.23. The molecule has 0 radical (unpaired) electrons. The molecule has 0 amide bonds. The summed E-state index contributed by atoms with van der Waals surface area (Å²) in [6, 6.07) is 0.